The number of unbranched alkanes of at least 4 members (excludes halogenated alkanes) is 3. The van der Waals surface area contributed by atoms with E-state index in [1.54, 1.807) is 6.07 Å². The highest BCUT2D eigenvalue weighted by molar-refractivity contribution is 7.91. The lowest BCUT2D eigenvalue weighted by Crippen LogP contribution is -2.23. The number of sulfonamides is 1. The molecule has 1 aromatic rings. The molecule has 0 saturated heterocycles. The molecule has 0 saturated carbocycles. The minimum atomic E-state index is -3.34. The summed E-state index contributed by atoms with van der Waals surface area (Å²) in [7, 11) is -3.34. The fourth-order valence-electron chi connectivity index (χ4n) is 2.09. The maximum atomic E-state index is 12.1. The van der Waals surface area contributed by atoms with Crippen LogP contribution in [0.1, 0.15) is 50.8 Å². The topological polar surface area (TPSA) is 72.2 Å². The van der Waals surface area contributed by atoms with Gasteiger partial charge in [0.1, 0.15) is 4.21 Å². The zero-order valence-electron chi connectivity index (χ0n) is 13.1. The van der Waals surface area contributed by atoms with Crippen molar-refractivity contribution in [3.63, 3.8) is 0 Å². The van der Waals surface area contributed by atoms with E-state index in [1.807, 2.05) is 6.07 Å². The molecule has 0 atom stereocenters. The van der Waals surface area contributed by atoms with Gasteiger partial charge in [-0.3, -0.25) is 0 Å². The molecule has 0 radical (unpaired) electrons. The summed E-state index contributed by atoms with van der Waals surface area (Å²) < 4.78 is 27.3. The maximum absolute atomic E-state index is 12.1. The second-order valence-electron chi connectivity index (χ2n) is 5.75. The third-order valence-corrected chi connectivity index (χ3v) is 6.39. The highest BCUT2D eigenvalue weighted by Gasteiger charge is 2.15. The Morgan fingerprint density at radius 2 is 1.90 bits per heavy atom. The van der Waals surface area contributed by atoms with Crippen LogP contribution in [0.5, 0.6) is 0 Å². The number of hydrogen-bond donors (Lipinski definition) is 2. The Morgan fingerprint density at radius 1 is 1.19 bits per heavy atom. The monoisotopic (exact) mass is 332 g/mol. The molecule has 0 fully saturated rings. The van der Waals surface area contributed by atoms with E-state index in [1.165, 1.54) is 30.6 Å². The normalized spacial score (nSPS) is 12.2. The Kier molecular flexibility index (Phi) is 8.48. The van der Waals surface area contributed by atoms with Crippen molar-refractivity contribution in [3.8, 4) is 0 Å². The van der Waals surface area contributed by atoms with Crippen LogP contribution in [-0.2, 0) is 16.4 Å². The van der Waals surface area contributed by atoms with Gasteiger partial charge in [0.05, 0.1) is 0 Å². The summed E-state index contributed by atoms with van der Waals surface area (Å²) in [6, 6.07) is 3.51. The Bertz CT molecular complexity index is 496. The molecule has 0 amide bonds. The fraction of sp³-hybridized carbons (Fsp3) is 0.733. The third-order valence-electron chi connectivity index (χ3n) is 3.29. The minimum Gasteiger partial charge on any atom is -0.330 e. The van der Waals surface area contributed by atoms with Crippen LogP contribution in [-0.4, -0.2) is 21.5 Å². The average Bonchev–Trinajstić information content (AvgIpc) is 2.87. The standard InChI is InChI=1S/C15H28N2O2S2/c1-13(2)7-5-3-4-6-12-17-21(18,19)15-9-8-14(20-15)10-11-16/h8-9,13,17H,3-7,10-12,16H2,1-2H3. The lowest BCUT2D eigenvalue weighted by molar-refractivity contribution is 0.517. The summed E-state index contributed by atoms with van der Waals surface area (Å²) in [4.78, 5) is 1.02. The summed E-state index contributed by atoms with van der Waals surface area (Å²) in [5.41, 5.74) is 5.48. The van der Waals surface area contributed by atoms with E-state index in [0.717, 1.165) is 30.1 Å². The molecule has 3 N–H and O–H groups in total. The zero-order chi connectivity index (χ0) is 15.7. The maximum Gasteiger partial charge on any atom is 0.250 e. The van der Waals surface area contributed by atoms with Crippen molar-refractivity contribution in [1.29, 1.82) is 0 Å². The molecule has 0 aliphatic rings. The van der Waals surface area contributed by atoms with E-state index in [4.69, 9.17) is 5.73 Å². The van der Waals surface area contributed by atoms with Crippen molar-refractivity contribution in [3.05, 3.63) is 17.0 Å². The molecule has 4 nitrogen and oxygen atoms in total. The molecule has 1 rings (SSSR count). The van der Waals surface area contributed by atoms with Gasteiger partial charge in [-0.2, -0.15) is 0 Å². The highest BCUT2D eigenvalue weighted by Crippen LogP contribution is 2.21. The smallest absolute Gasteiger partial charge is 0.250 e. The van der Waals surface area contributed by atoms with E-state index < -0.39 is 10.0 Å². The summed E-state index contributed by atoms with van der Waals surface area (Å²) in [6.07, 6.45) is 6.38. The molecule has 6 heteroatoms. The van der Waals surface area contributed by atoms with Gasteiger partial charge in [-0.1, -0.05) is 39.5 Å². The van der Waals surface area contributed by atoms with Gasteiger partial charge in [0.2, 0.25) is 10.0 Å². The Hall–Kier alpha value is -0.430. The van der Waals surface area contributed by atoms with Crippen LogP contribution < -0.4 is 10.5 Å². The van der Waals surface area contributed by atoms with E-state index in [9.17, 15) is 8.42 Å². The van der Waals surface area contributed by atoms with E-state index >= 15 is 0 Å². The predicted molar refractivity (Wildman–Crippen MR) is 90.2 cm³/mol. The van der Waals surface area contributed by atoms with Crippen molar-refractivity contribution in [2.75, 3.05) is 13.1 Å². The first-order valence-electron chi connectivity index (χ1n) is 7.74. The van der Waals surface area contributed by atoms with Gasteiger partial charge in [-0.05, 0) is 37.4 Å². The predicted octanol–water partition coefficient (Wildman–Crippen LogP) is 3.13. The molecule has 1 aromatic heterocycles. The minimum absolute atomic E-state index is 0.394. The van der Waals surface area contributed by atoms with Gasteiger partial charge in [0, 0.05) is 11.4 Å². The molecule has 0 aliphatic carbocycles. The van der Waals surface area contributed by atoms with Gasteiger partial charge in [0.25, 0.3) is 0 Å². The van der Waals surface area contributed by atoms with Crippen LogP contribution in [0.15, 0.2) is 16.3 Å². The molecule has 122 valence electrons. The highest BCUT2D eigenvalue weighted by atomic mass is 32.2. The van der Waals surface area contributed by atoms with Crippen LogP contribution >= 0.6 is 11.3 Å². The average molecular weight is 333 g/mol. The zero-order valence-corrected chi connectivity index (χ0v) is 14.7. The number of hydrogen-bond acceptors (Lipinski definition) is 4. The third kappa shape index (κ3) is 7.40. The van der Waals surface area contributed by atoms with Crippen LogP contribution in [0.4, 0.5) is 0 Å². The van der Waals surface area contributed by atoms with E-state index in [0.29, 0.717) is 17.3 Å². The molecule has 21 heavy (non-hydrogen) atoms. The van der Waals surface area contributed by atoms with Crippen molar-refractivity contribution in [1.82, 2.24) is 4.72 Å². The summed E-state index contributed by atoms with van der Waals surface area (Å²) in [5, 5.41) is 0. The van der Waals surface area contributed by atoms with E-state index in [-0.39, 0.29) is 0 Å². The molecule has 0 unspecified atom stereocenters. The summed E-state index contributed by atoms with van der Waals surface area (Å²) in [5.74, 6) is 0.755. The first kappa shape index (κ1) is 18.6. The van der Waals surface area contributed by atoms with Crippen LogP contribution in [0.3, 0.4) is 0 Å². The second-order valence-corrected chi connectivity index (χ2v) is 8.92. The lowest BCUT2D eigenvalue weighted by atomic mass is 10.0. The number of thiophene rings is 1. The fourth-order valence-corrected chi connectivity index (χ4v) is 4.58. The lowest BCUT2D eigenvalue weighted by Gasteiger charge is -2.06. The summed E-state index contributed by atoms with van der Waals surface area (Å²) in [6.45, 7) is 5.53. The second kappa shape index (κ2) is 9.56. The first-order valence-corrected chi connectivity index (χ1v) is 10.0. The molecule has 0 bridgehead atoms. The van der Waals surface area contributed by atoms with Gasteiger partial charge in [-0.25, -0.2) is 13.1 Å². The van der Waals surface area contributed by atoms with Crippen molar-refractivity contribution in [2.24, 2.45) is 11.7 Å². The molecule has 0 aliphatic heterocycles. The quantitative estimate of drug-likeness (QED) is 0.612. The van der Waals surface area contributed by atoms with Crippen LogP contribution in [0, 0.1) is 5.92 Å². The van der Waals surface area contributed by atoms with Crippen molar-refractivity contribution >= 4 is 21.4 Å². The number of rotatable bonds is 11. The summed E-state index contributed by atoms with van der Waals surface area (Å²) >= 11 is 1.31. The number of nitrogens with two attached hydrogens (primary N) is 1. The molecular weight excluding hydrogens is 304 g/mol. The van der Waals surface area contributed by atoms with Crippen molar-refractivity contribution < 1.29 is 8.42 Å². The van der Waals surface area contributed by atoms with Gasteiger partial charge in [-0.15, -0.1) is 11.3 Å². The molecule has 0 aromatic carbocycles. The van der Waals surface area contributed by atoms with Crippen molar-refractivity contribution in [2.45, 2.75) is 56.6 Å². The first-order chi connectivity index (χ1) is 9.95. The molecule has 0 spiro atoms. The van der Waals surface area contributed by atoms with Crippen LogP contribution in [0.25, 0.3) is 0 Å². The number of nitrogens with one attached hydrogen (secondary N) is 1. The molecule has 1 heterocycles. The van der Waals surface area contributed by atoms with Gasteiger partial charge >= 0.3 is 0 Å². The SMILES string of the molecule is CC(C)CCCCCCNS(=O)(=O)c1ccc(CCN)s1. The van der Waals surface area contributed by atoms with Crippen LogP contribution in [0.2, 0.25) is 0 Å². The largest absolute Gasteiger partial charge is 0.330 e. The molecular formula is C15H28N2O2S2. The Labute approximate surface area is 133 Å². The Morgan fingerprint density at radius 3 is 2.57 bits per heavy atom. The van der Waals surface area contributed by atoms with Gasteiger partial charge < -0.3 is 5.73 Å². The van der Waals surface area contributed by atoms with Gasteiger partial charge in [0.15, 0.2) is 0 Å². The van der Waals surface area contributed by atoms with E-state index in [2.05, 4.69) is 18.6 Å². The Balaban J connectivity index is 2.26.